The van der Waals surface area contributed by atoms with Gasteiger partial charge in [0.2, 0.25) is 0 Å². The van der Waals surface area contributed by atoms with Gasteiger partial charge in [-0.15, -0.1) is 0 Å². The van der Waals surface area contributed by atoms with Gasteiger partial charge in [-0.1, -0.05) is 36.2 Å². The van der Waals surface area contributed by atoms with Gasteiger partial charge >= 0.3 is 6.18 Å². The largest absolute Gasteiger partial charge is 0.416 e. The van der Waals surface area contributed by atoms with Crippen molar-refractivity contribution in [3.8, 4) is 0 Å². The predicted molar refractivity (Wildman–Crippen MR) is 90.4 cm³/mol. The molecule has 2 rings (SSSR count). The summed E-state index contributed by atoms with van der Waals surface area (Å²) in [5.41, 5.74) is 0.181. The molecular weight excluding hydrogens is 369 g/mol. The SMILES string of the molecule is CCCC(C)[C@@H](c1cc(Br)cc(C(F)(F)F)c1)N1CCNCC1. The Labute approximate surface area is 144 Å². The quantitative estimate of drug-likeness (QED) is 0.770. The second-order valence-electron chi connectivity index (χ2n) is 6.27. The van der Waals surface area contributed by atoms with Gasteiger partial charge in [0.1, 0.15) is 0 Å². The van der Waals surface area contributed by atoms with Crippen molar-refractivity contribution in [2.75, 3.05) is 26.2 Å². The maximum atomic E-state index is 13.2. The van der Waals surface area contributed by atoms with Crippen LogP contribution < -0.4 is 5.32 Å². The predicted octanol–water partition coefficient (Wildman–Crippen LogP) is 4.85. The monoisotopic (exact) mass is 392 g/mol. The third-order valence-corrected chi connectivity index (χ3v) is 4.87. The van der Waals surface area contributed by atoms with Gasteiger partial charge in [-0.3, -0.25) is 4.90 Å². The van der Waals surface area contributed by atoms with Gasteiger partial charge in [-0.2, -0.15) is 13.2 Å². The number of nitrogens with zero attached hydrogens (tertiary/aromatic N) is 1. The molecule has 6 heteroatoms. The second kappa shape index (κ2) is 7.99. The maximum absolute atomic E-state index is 13.2. The van der Waals surface area contributed by atoms with E-state index in [9.17, 15) is 13.2 Å². The van der Waals surface area contributed by atoms with E-state index in [0.717, 1.165) is 50.7 Å². The number of piperazine rings is 1. The van der Waals surface area contributed by atoms with Gasteiger partial charge in [0, 0.05) is 36.7 Å². The van der Waals surface area contributed by atoms with Crippen LogP contribution in [-0.2, 0) is 6.18 Å². The summed E-state index contributed by atoms with van der Waals surface area (Å²) in [6, 6.07) is 4.34. The number of rotatable bonds is 5. The van der Waals surface area contributed by atoms with E-state index in [0.29, 0.717) is 10.4 Å². The van der Waals surface area contributed by atoms with Crippen molar-refractivity contribution < 1.29 is 13.2 Å². The molecule has 23 heavy (non-hydrogen) atoms. The van der Waals surface area contributed by atoms with Crippen molar-refractivity contribution in [3.63, 3.8) is 0 Å². The molecule has 1 unspecified atom stereocenters. The van der Waals surface area contributed by atoms with E-state index in [1.165, 1.54) is 6.07 Å². The first kappa shape index (κ1) is 18.7. The molecule has 1 aromatic carbocycles. The van der Waals surface area contributed by atoms with Gasteiger partial charge in [-0.05, 0) is 36.1 Å². The lowest BCUT2D eigenvalue weighted by molar-refractivity contribution is -0.137. The smallest absolute Gasteiger partial charge is 0.314 e. The highest BCUT2D eigenvalue weighted by Gasteiger charge is 2.33. The molecule has 1 N–H and O–H groups in total. The van der Waals surface area contributed by atoms with Crippen LogP contribution in [0.5, 0.6) is 0 Å². The molecule has 0 radical (unpaired) electrons. The third-order valence-electron chi connectivity index (χ3n) is 4.42. The molecule has 0 amide bonds. The Morgan fingerprint density at radius 1 is 1.22 bits per heavy atom. The number of hydrogen-bond donors (Lipinski definition) is 1. The normalized spacial score (nSPS) is 19.6. The number of nitrogens with one attached hydrogen (secondary N) is 1. The number of benzene rings is 1. The summed E-state index contributed by atoms with van der Waals surface area (Å²) in [5, 5.41) is 3.31. The lowest BCUT2D eigenvalue weighted by atomic mass is 9.88. The number of alkyl halides is 3. The molecule has 1 saturated heterocycles. The molecule has 2 nitrogen and oxygen atoms in total. The fraction of sp³-hybridized carbons (Fsp3) is 0.647. The summed E-state index contributed by atoms with van der Waals surface area (Å²) in [4.78, 5) is 2.32. The van der Waals surface area contributed by atoms with Gasteiger partial charge in [0.15, 0.2) is 0 Å². The molecular formula is C17H24BrF3N2. The average Bonchev–Trinajstić information content (AvgIpc) is 2.47. The second-order valence-corrected chi connectivity index (χ2v) is 7.18. The Morgan fingerprint density at radius 2 is 1.87 bits per heavy atom. The molecule has 1 aliphatic rings. The molecule has 0 aromatic heterocycles. The molecule has 0 saturated carbocycles. The van der Waals surface area contributed by atoms with E-state index >= 15 is 0 Å². The van der Waals surface area contributed by atoms with Crippen LogP contribution in [0.3, 0.4) is 0 Å². The number of halogens is 4. The lowest BCUT2D eigenvalue weighted by Gasteiger charge is -2.39. The molecule has 1 heterocycles. The first-order valence-corrected chi connectivity index (χ1v) is 8.94. The van der Waals surface area contributed by atoms with E-state index in [1.54, 1.807) is 0 Å². The Balaban J connectivity index is 2.39. The van der Waals surface area contributed by atoms with Crippen molar-refractivity contribution in [2.24, 2.45) is 5.92 Å². The van der Waals surface area contributed by atoms with E-state index in [-0.39, 0.29) is 6.04 Å². The molecule has 2 atom stereocenters. The van der Waals surface area contributed by atoms with Crippen molar-refractivity contribution in [3.05, 3.63) is 33.8 Å². The van der Waals surface area contributed by atoms with E-state index < -0.39 is 11.7 Å². The van der Waals surface area contributed by atoms with Crippen molar-refractivity contribution in [1.82, 2.24) is 10.2 Å². The molecule has 0 aliphatic carbocycles. The fourth-order valence-electron chi connectivity index (χ4n) is 3.42. The van der Waals surface area contributed by atoms with E-state index in [1.807, 2.05) is 6.07 Å². The zero-order chi connectivity index (χ0) is 17.0. The zero-order valence-corrected chi connectivity index (χ0v) is 15.2. The molecule has 0 spiro atoms. The van der Waals surface area contributed by atoms with Crippen LogP contribution in [0, 0.1) is 5.92 Å². The minimum Gasteiger partial charge on any atom is -0.314 e. The van der Waals surface area contributed by atoms with Crippen LogP contribution in [0.2, 0.25) is 0 Å². The molecule has 1 fully saturated rings. The summed E-state index contributed by atoms with van der Waals surface area (Å²) < 4.78 is 40.0. The van der Waals surface area contributed by atoms with Crippen LogP contribution in [-0.4, -0.2) is 31.1 Å². The summed E-state index contributed by atoms with van der Waals surface area (Å²) in [5.74, 6) is 0.313. The average molecular weight is 393 g/mol. The summed E-state index contributed by atoms with van der Waals surface area (Å²) in [7, 11) is 0. The lowest BCUT2D eigenvalue weighted by Crippen LogP contribution is -2.46. The van der Waals surface area contributed by atoms with Gasteiger partial charge in [0.25, 0.3) is 0 Å². The molecule has 1 aromatic rings. The third kappa shape index (κ3) is 4.94. The fourth-order valence-corrected chi connectivity index (χ4v) is 3.93. The van der Waals surface area contributed by atoms with Crippen LogP contribution in [0.4, 0.5) is 13.2 Å². The van der Waals surface area contributed by atoms with Crippen molar-refractivity contribution in [2.45, 2.75) is 38.9 Å². The zero-order valence-electron chi connectivity index (χ0n) is 13.6. The first-order chi connectivity index (χ1) is 10.8. The van der Waals surface area contributed by atoms with Crippen molar-refractivity contribution in [1.29, 1.82) is 0 Å². The van der Waals surface area contributed by atoms with Gasteiger partial charge in [-0.25, -0.2) is 0 Å². The summed E-state index contributed by atoms with van der Waals surface area (Å²) in [6.45, 7) is 7.77. The van der Waals surface area contributed by atoms with Crippen LogP contribution in [0.15, 0.2) is 22.7 Å². The van der Waals surface area contributed by atoms with Crippen LogP contribution in [0.1, 0.15) is 43.9 Å². The van der Waals surface area contributed by atoms with Gasteiger partial charge in [0.05, 0.1) is 5.56 Å². The van der Waals surface area contributed by atoms with Gasteiger partial charge < -0.3 is 5.32 Å². The highest BCUT2D eigenvalue weighted by Crippen LogP contribution is 2.38. The highest BCUT2D eigenvalue weighted by atomic mass is 79.9. The summed E-state index contributed by atoms with van der Waals surface area (Å²) >= 11 is 3.26. The Bertz CT molecular complexity index is 513. The highest BCUT2D eigenvalue weighted by molar-refractivity contribution is 9.10. The molecule has 130 valence electrons. The standard InChI is InChI=1S/C17H24BrF3N2/c1-3-4-12(2)16(23-7-5-22-6-8-23)13-9-14(17(19,20)21)11-15(18)10-13/h9-12,16,22H,3-8H2,1-2H3/t12?,16-/m0/s1. The Hall–Kier alpha value is -0.590. The minimum absolute atomic E-state index is 0.0237. The van der Waals surface area contributed by atoms with E-state index in [2.05, 4.69) is 40.0 Å². The Morgan fingerprint density at radius 3 is 2.43 bits per heavy atom. The van der Waals surface area contributed by atoms with Crippen LogP contribution in [0.25, 0.3) is 0 Å². The molecule has 1 aliphatic heterocycles. The van der Waals surface area contributed by atoms with Crippen molar-refractivity contribution >= 4 is 15.9 Å². The maximum Gasteiger partial charge on any atom is 0.416 e. The van der Waals surface area contributed by atoms with Crippen LogP contribution >= 0.6 is 15.9 Å². The Kier molecular flexibility index (Phi) is 6.51. The molecule has 0 bridgehead atoms. The first-order valence-electron chi connectivity index (χ1n) is 8.15. The van der Waals surface area contributed by atoms with E-state index in [4.69, 9.17) is 0 Å². The summed E-state index contributed by atoms with van der Waals surface area (Å²) in [6.07, 6.45) is -2.28. The topological polar surface area (TPSA) is 15.3 Å². The minimum atomic E-state index is -4.32. The number of hydrogen-bond acceptors (Lipinski definition) is 2.